The molecule has 1 N–H and O–H groups in total. The average molecular weight is 325 g/mol. The lowest BCUT2D eigenvalue weighted by molar-refractivity contribution is 0.313. The second-order valence-electron chi connectivity index (χ2n) is 5.86. The van der Waals surface area contributed by atoms with Gasteiger partial charge in [-0.05, 0) is 43.4 Å². The Hall–Kier alpha value is -2.05. The van der Waals surface area contributed by atoms with Crippen LogP contribution in [0.5, 0.6) is 0 Å². The van der Waals surface area contributed by atoms with Crippen molar-refractivity contribution in [3.05, 3.63) is 42.5 Å². The van der Waals surface area contributed by atoms with Crippen LogP contribution in [0.25, 0.3) is 11.0 Å². The molecule has 0 bridgehead atoms. The molecule has 118 valence electrons. The molecule has 0 saturated carbocycles. The zero-order valence-corrected chi connectivity index (χ0v) is 13.9. The van der Waals surface area contributed by atoms with E-state index in [0.29, 0.717) is 0 Å². The Morgan fingerprint density at radius 2 is 1.70 bits per heavy atom. The number of benzene rings is 2. The van der Waals surface area contributed by atoms with E-state index in [2.05, 4.69) is 68.7 Å². The van der Waals surface area contributed by atoms with Gasteiger partial charge >= 0.3 is 0 Å². The van der Waals surface area contributed by atoms with Gasteiger partial charge in [0.15, 0.2) is 0 Å². The zero-order chi connectivity index (χ0) is 15.6. The van der Waals surface area contributed by atoms with Gasteiger partial charge in [-0.15, -0.1) is 0 Å². The monoisotopic (exact) mass is 325 g/mol. The Morgan fingerprint density at radius 1 is 0.913 bits per heavy atom. The quantitative estimate of drug-likeness (QED) is 0.802. The molecular formula is C17H19N5S. The summed E-state index contributed by atoms with van der Waals surface area (Å²) in [5.74, 6) is 0. The van der Waals surface area contributed by atoms with Crippen molar-refractivity contribution in [2.75, 3.05) is 38.1 Å². The van der Waals surface area contributed by atoms with Crippen LogP contribution in [0.4, 0.5) is 5.69 Å². The topological polar surface area (TPSA) is 48.0 Å². The van der Waals surface area contributed by atoms with Gasteiger partial charge in [-0.25, -0.2) is 0 Å². The third kappa shape index (κ3) is 3.18. The number of nitrogens with zero attached hydrogens (tertiary/aromatic N) is 4. The van der Waals surface area contributed by atoms with Gasteiger partial charge in [0, 0.05) is 41.7 Å². The van der Waals surface area contributed by atoms with E-state index >= 15 is 0 Å². The maximum absolute atomic E-state index is 4.16. The maximum Gasteiger partial charge on any atom is 0.114 e. The van der Waals surface area contributed by atoms with E-state index in [9.17, 15) is 0 Å². The highest BCUT2D eigenvalue weighted by atomic mass is 32.2. The van der Waals surface area contributed by atoms with E-state index < -0.39 is 0 Å². The smallest absolute Gasteiger partial charge is 0.114 e. The first-order chi connectivity index (χ1) is 11.3. The van der Waals surface area contributed by atoms with Crippen molar-refractivity contribution in [2.45, 2.75) is 9.79 Å². The molecule has 2 heterocycles. The van der Waals surface area contributed by atoms with E-state index in [-0.39, 0.29) is 0 Å². The van der Waals surface area contributed by atoms with Crippen LogP contribution in [0.15, 0.2) is 52.3 Å². The van der Waals surface area contributed by atoms with E-state index in [4.69, 9.17) is 0 Å². The predicted octanol–water partition coefficient (Wildman–Crippen LogP) is 2.86. The molecule has 23 heavy (non-hydrogen) atoms. The lowest BCUT2D eigenvalue weighted by Gasteiger charge is -2.34. The standard InChI is InChI=1S/C17H19N5S/c1-21-7-9-22(10-8-21)13-3-2-4-14(11-13)23-15-5-6-16-17(12-15)19-20-18-16/h2-6,11-12H,7-10H2,1H3,(H,18,19,20). The minimum Gasteiger partial charge on any atom is -0.369 e. The van der Waals surface area contributed by atoms with Gasteiger partial charge < -0.3 is 9.80 Å². The largest absolute Gasteiger partial charge is 0.369 e. The lowest BCUT2D eigenvalue weighted by Crippen LogP contribution is -2.44. The third-order valence-electron chi connectivity index (χ3n) is 4.21. The number of rotatable bonds is 3. The fraction of sp³-hybridized carbons (Fsp3) is 0.294. The zero-order valence-electron chi connectivity index (χ0n) is 13.1. The fourth-order valence-corrected chi connectivity index (χ4v) is 3.73. The van der Waals surface area contributed by atoms with Gasteiger partial charge in [-0.1, -0.05) is 17.8 Å². The summed E-state index contributed by atoms with van der Waals surface area (Å²) in [4.78, 5) is 7.28. The molecule has 2 aromatic carbocycles. The summed E-state index contributed by atoms with van der Waals surface area (Å²) in [6, 6.07) is 15.0. The number of anilines is 1. The van der Waals surface area contributed by atoms with Crippen LogP contribution >= 0.6 is 11.8 Å². The number of nitrogens with one attached hydrogen (secondary N) is 1. The van der Waals surface area contributed by atoms with Gasteiger partial charge in [0.2, 0.25) is 0 Å². The number of fused-ring (bicyclic) bond motifs is 1. The minimum atomic E-state index is 0.903. The van der Waals surface area contributed by atoms with Crippen LogP contribution in [0.1, 0.15) is 0 Å². The summed E-state index contributed by atoms with van der Waals surface area (Å²) in [6.07, 6.45) is 0. The van der Waals surface area contributed by atoms with Crippen molar-refractivity contribution in [3.63, 3.8) is 0 Å². The van der Waals surface area contributed by atoms with Crippen molar-refractivity contribution in [1.29, 1.82) is 0 Å². The molecule has 3 aromatic rings. The number of aromatic amines is 1. The number of hydrogen-bond donors (Lipinski definition) is 1. The van der Waals surface area contributed by atoms with Gasteiger partial charge in [0.1, 0.15) is 11.0 Å². The Labute approximate surface area is 139 Å². The van der Waals surface area contributed by atoms with Crippen molar-refractivity contribution >= 4 is 28.5 Å². The second-order valence-corrected chi connectivity index (χ2v) is 7.01. The first kappa shape index (κ1) is 14.5. The van der Waals surface area contributed by atoms with Crippen LogP contribution in [-0.2, 0) is 0 Å². The summed E-state index contributed by atoms with van der Waals surface area (Å²) in [6.45, 7) is 4.44. The highest BCUT2D eigenvalue weighted by molar-refractivity contribution is 7.99. The van der Waals surface area contributed by atoms with Crippen molar-refractivity contribution in [3.8, 4) is 0 Å². The predicted molar refractivity (Wildman–Crippen MR) is 94.2 cm³/mol. The fourth-order valence-electron chi connectivity index (χ4n) is 2.83. The van der Waals surface area contributed by atoms with Gasteiger partial charge in [0.25, 0.3) is 0 Å². The van der Waals surface area contributed by atoms with Crippen LogP contribution in [0.3, 0.4) is 0 Å². The number of hydrogen-bond acceptors (Lipinski definition) is 5. The number of aromatic nitrogens is 3. The van der Waals surface area contributed by atoms with Crippen molar-refractivity contribution < 1.29 is 0 Å². The summed E-state index contributed by atoms with van der Waals surface area (Å²) >= 11 is 1.77. The lowest BCUT2D eigenvalue weighted by atomic mass is 10.2. The Morgan fingerprint density at radius 3 is 2.57 bits per heavy atom. The molecule has 1 aromatic heterocycles. The number of likely N-dealkylation sites (N-methyl/N-ethyl adjacent to an activating group) is 1. The van der Waals surface area contributed by atoms with E-state index in [1.807, 2.05) is 6.07 Å². The van der Waals surface area contributed by atoms with Crippen LogP contribution in [0, 0.1) is 0 Å². The van der Waals surface area contributed by atoms with Crippen LogP contribution < -0.4 is 4.90 Å². The number of H-pyrrole nitrogens is 1. The first-order valence-electron chi connectivity index (χ1n) is 7.80. The molecule has 0 amide bonds. The van der Waals surface area contributed by atoms with Crippen LogP contribution in [-0.4, -0.2) is 53.5 Å². The Kier molecular flexibility index (Phi) is 3.93. The second kappa shape index (κ2) is 6.22. The Balaban J connectivity index is 1.53. The highest BCUT2D eigenvalue weighted by Gasteiger charge is 2.14. The molecule has 1 aliphatic heterocycles. The molecule has 5 nitrogen and oxygen atoms in total. The molecule has 1 fully saturated rings. The van der Waals surface area contributed by atoms with E-state index in [0.717, 1.165) is 37.2 Å². The molecule has 0 radical (unpaired) electrons. The van der Waals surface area contributed by atoms with Crippen molar-refractivity contribution in [1.82, 2.24) is 20.3 Å². The molecule has 6 heteroatoms. The van der Waals surface area contributed by atoms with Crippen molar-refractivity contribution in [2.24, 2.45) is 0 Å². The molecule has 0 aliphatic carbocycles. The summed E-state index contributed by atoms with van der Waals surface area (Å²) < 4.78 is 0. The molecule has 1 aliphatic rings. The Bertz CT molecular complexity index is 807. The SMILES string of the molecule is CN1CCN(c2cccc(Sc3ccc4n[nH]nc4c3)c2)CC1. The molecule has 4 rings (SSSR count). The molecule has 0 spiro atoms. The molecular weight excluding hydrogens is 306 g/mol. The summed E-state index contributed by atoms with van der Waals surface area (Å²) in [7, 11) is 2.18. The first-order valence-corrected chi connectivity index (χ1v) is 8.61. The number of piperazine rings is 1. The van der Waals surface area contributed by atoms with Gasteiger partial charge in [-0.3, -0.25) is 0 Å². The molecule has 0 unspecified atom stereocenters. The average Bonchev–Trinajstić information content (AvgIpc) is 3.03. The highest BCUT2D eigenvalue weighted by Crippen LogP contribution is 2.31. The van der Waals surface area contributed by atoms with Gasteiger partial charge in [-0.2, -0.15) is 15.4 Å². The molecule has 0 atom stereocenters. The van der Waals surface area contributed by atoms with Gasteiger partial charge in [0.05, 0.1) is 0 Å². The normalized spacial score (nSPS) is 16.1. The minimum absolute atomic E-state index is 0.903. The summed E-state index contributed by atoms with van der Waals surface area (Å²) in [5, 5.41) is 10.9. The van der Waals surface area contributed by atoms with Crippen LogP contribution in [0.2, 0.25) is 0 Å². The molecule has 1 saturated heterocycles. The summed E-state index contributed by atoms with van der Waals surface area (Å²) in [5.41, 5.74) is 3.12. The van der Waals surface area contributed by atoms with E-state index in [1.165, 1.54) is 15.5 Å². The van der Waals surface area contributed by atoms with E-state index in [1.54, 1.807) is 11.8 Å². The maximum atomic E-state index is 4.16. The third-order valence-corrected chi connectivity index (χ3v) is 5.19.